The molecule has 1 saturated heterocycles. The summed E-state index contributed by atoms with van der Waals surface area (Å²) in [5, 5.41) is 0. The molecule has 2 unspecified atom stereocenters. The first-order valence-corrected chi connectivity index (χ1v) is 8.91. The van der Waals surface area contributed by atoms with Crippen LogP contribution in [0, 0.1) is 11.8 Å². The highest BCUT2D eigenvalue weighted by atomic mass is 32.2. The average Bonchev–Trinajstić information content (AvgIpc) is 2.95. The van der Waals surface area contributed by atoms with Crippen LogP contribution in [-0.2, 0) is 20.8 Å². The lowest BCUT2D eigenvalue weighted by Gasteiger charge is -2.19. The smallest absolute Gasteiger partial charge is 0.299 e. The molecular formula is C15H18F3NO3S. The quantitative estimate of drug-likeness (QED) is 0.619. The Bertz CT molecular complexity index is 634. The second-order valence-corrected chi connectivity index (χ2v) is 7.85. The van der Waals surface area contributed by atoms with Crippen LogP contribution in [0.25, 0.3) is 0 Å². The lowest BCUT2D eigenvalue weighted by molar-refractivity contribution is -0.0574. The normalized spacial score (nSPS) is 28.9. The first kappa shape index (κ1) is 16.7. The van der Waals surface area contributed by atoms with Gasteiger partial charge in [0.25, 0.3) is 0 Å². The van der Waals surface area contributed by atoms with Gasteiger partial charge in [0, 0.05) is 19.6 Å². The summed E-state index contributed by atoms with van der Waals surface area (Å²) in [7, 11) is -5.49. The van der Waals surface area contributed by atoms with Gasteiger partial charge in [0.15, 0.2) is 0 Å². The number of rotatable bonds is 4. The van der Waals surface area contributed by atoms with Crippen molar-refractivity contribution in [2.45, 2.75) is 31.0 Å². The van der Waals surface area contributed by atoms with Gasteiger partial charge in [-0.25, -0.2) is 0 Å². The number of fused-ring (bicyclic) bond motifs is 1. The second-order valence-electron chi connectivity index (χ2n) is 6.29. The van der Waals surface area contributed by atoms with E-state index in [1.165, 1.54) is 5.56 Å². The fraction of sp³-hybridized carbons (Fsp3) is 0.600. The maximum atomic E-state index is 12.4. The molecule has 3 rings (SSSR count). The van der Waals surface area contributed by atoms with Crippen LogP contribution in [0.5, 0.6) is 0 Å². The molecular weight excluding hydrogens is 331 g/mol. The van der Waals surface area contributed by atoms with Crippen LogP contribution < -0.4 is 0 Å². The van der Waals surface area contributed by atoms with Crippen LogP contribution in [0.3, 0.4) is 0 Å². The molecule has 4 nitrogen and oxygen atoms in total. The van der Waals surface area contributed by atoms with Gasteiger partial charge in [-0.3, -0.25) is 9.08 Å². The van der Waals surface area contributed by atoms with Gasteiger partial charge >= 0.3 is 15.6 Å². The van der Waals surface area contributed by atoms with Crippen molar-refractivity contribution in [3.63, 3.8) is 0 Å². The first-order valence-electron chi connectivity index (χ1n) is 7.50. The van der Waals surface area contributed by atoms with E-state index < -0.39 is 21.7 Å². The molecule has 8 heteroatoms. The summed E-state index contributed by atoms with van der Waals surface area (Å²) in [6.45, 7) is 2.34. The monoisotopic (exact) mass is 349 g/mol. The van der Waals surface area contributed by atoms with Crippen LogP contribution in [0.4, 0.5) is 13.2 Å². The molecule has 1 aliphatic carbocycles. The topological polar surface area (TPSA) is 46.6 Å². The Morgan fingerprint density at radius 1 is 1.09 bits per heavy atom. The Morgan fingerprint density at radius 2 is 1.65 bits per heavy atom. The molecule has 0 bridgehead atoms. The van der Waals surface area contributed by atoms with Gasteiger partial charge in [-0.2, -0.15) is 21.6 Å². The van der Waals surface area contributed by atoms with Crippen molar-refractivity contribution in [3.05, 3.63) is 35.9 Å². The molecule has 23 heavy (non-hydrogen) atoms. The zero-order valence-electron chi connectivity index (χ0n) is 12.4. The molecule has 1 heterocycles. The van der Waals surface area contributed by atoms with Gasteiger partial charge in [-0.05, 0) is 30.2 Å². The molecule has 0 aromatic heterocycles. The zero-order valence-corrected chi connectivity index (χ0v) is 13.2. The van der Waals surface area contributed by atoms with Crippen LogP contribution in [-0.4, -0.2) is 38.0 Å². The van der Waals surface area contributed by atoms with E-state index in [0.29, 0.717) is 12.8 Å². The van der Waals surface area contributed by atoms with Crippen LogP contribution >= 0.6 is 0 Å². The summed E-state index contributed by atoms with van der Waals surface area (Å²) >= 11 is 0. The van der Waals surface area contributed by atoms with Crippen LogP contribution in [0.15, 0.2) is 30.3 Å². The van der Waals surface area contributed by atoms with E-state index in [1.807, 2.05) is 30.3 Å². The lowest BCUT2D eigenvalue weighted by Crippen LogP contribution is -2.30. The van der Waals surface area contributed by atoms with E-state index in [2.05, 4.69) is 9.08 Å². The molecule has 0 radical (unpaired) electrons. The van der Waals surface area contributed by atoms with Gasteiger partial charge in [-0.1, -0.05) is 30.3 Å². The summed E-state index contributed by atoms with van der Waals surface area (Å²) in [4.78, 5) is 2.26. The third kappa shape index (κ3) is 3.70. The predicted molar refractivity (Wildman–Crippen MR) is 77.8 cm³/mol. The number of halogens is 3. The molecule has 2 aliphatic rings. The van der Waals surface area contributed by atoms with Gasteiger partial charge in [0.2, 0.25) is 0 Å². The molecule has 2 atom stereocenters. The summed E-state index contributed by atoms with van der Waals surface area (Å²) in [5.74, 6) is 0.402. The Morgan fingerprint density at radius 3 is 2.17 bits per heavy atom. The van der Waals surface area contributed by atoms with Crippen molar-refractivity contribution in [3.8, 4) is 0 Å². The number of hydrogen-bond donors (Lipinski definition) is 0. The van der Waals surface area contributed by atoms with E-state index in [0.717, 1.165) is 19.6 Å². The third-order valence-electron chi connectivity index (χ3n) is 4.58. The molecule has 0 spiro atoms. The highest BCUT2D eigenvalue weighted by molar-refractivity contribution is 7.87. The summed E-state index contributed by atoms with van der Waals surface area (Å²) < 4.78 is 63.6. The van der Waals surface area contributed by atoms with Crippen molar-refractivity contribution in [1.82, 2.24) is 4.90 Å². The van der Waals surface area contributed by atoms with Crippen LogP contribution in [0.1, 0.15) is 18.4 Å². The minimum atomic E-state index is -5.49. The van der Waals surface area contributed by atoms with E-state index in [4.69, 9.17) is 0 Å². The van der Waals surface area contributed by atoms with Crippen molar-refractivity contribution < 1.29 is 25.8 Å². The van der Waals surface area contributed by atoms with Crippen molar-refractivity contribution in [2.75, 3.05) is 13.1 Å². The Balaban J connectivity index is 1.54. The standard InChI is InChI=1S/C15H18F3NO3S/c16-15(17,18)23(20,21)22-14-6-12-9-19(10-13(12)7-14)8-11-4-2-1-3-5-11/h1-5,12-14H,6-10H2. The van der Waals surface area contributed by atoms with E-state index in [-0.39, 0.29) is 11.8 Å². The average molecular weight is 349 g/mol. The number of hydrogen-bond acceptors (Lipinski definition) is 4. The molecule has 0 amide bonds. The minimum Gasteiger partial charge on any atom is -0.299 e. The maximum absolute atomic E-state index is 12.4. The summed E-state index contributed by atoms with van der Waals surface area (Å²) in [6.07, 6.45) is -0.119. The molecule has 128 valence electrons. The zero-order chi connectivity index (χ0) is 16.7. The van der Waals surface area contributed by atoms with E-state index in [9.17, 15) is 21.6 Å². The SMILES string of the molecule is O=S(=O)(OC1CC2CN(Cc3ccccc3)CC2C1)C(F)(F)F. The maximum Gasteiger partial charge on any atom is 0.523 e. The highest BCUT2D eigenvalue weighted by Gasteiger charge is 2.51. The fourth-order valence-corrected chi connectivity index (χ4v) is 4.25. The van der Waals surface area contributed by atoms with Gasteiger partial charge in [0.05, 0.1) is 6.10 Å². The van der Waals surface area contributed by atoms with Crippen molar-refractivity contribution in [1.29, 1.82) is 0 Å². The molecule has 2 fully saturated rings. The largest absolute Gasteiger partial charge is 0.523 e. The first-order chi connectivity index (χ1) is 10.7. The predicted octanol–water partition coefficient (Wildman–Crippen LogP) is 2.76. The van der Waals surface area contributed by atoms with E-state index in [1.54, 1.807) is 0 Å². The second kappa shape index (κ2) is 6.07. The number of likely N-dealkylation sites (tertiary alicyclic amines) is 1. The van der Waals surface area contributed by atoms with E-state index >= 15 is 0 Å². The van der Waals surface area contributed by atoms with Crippen molar-refractivity contribution >= 4 is 10.1 Å². The Hall–Kier alpha value is -1.12. The Labute approximate surface area is 133 Å². The number of nitrogens with zero attached hydrogens (tertiary/aromatic N) is 1. The third-order valence-corrected chi connectivity index (χ3v) is 5.67. The summed E-state index contributed by atoms with van der Waals surface area (Å²) in [6, 6.07) is 9.97. The number of alkyl halides is 3. The fourth-order valence-electron chi connectivity index (χ4n) is 3.62. The lowest BCUT2D eigenvalue weighted by atomic mass is 10.0. The molecule has 1 saturated carbocycles. The molecule has 0 N–H and O–H groups in total. The minimum absolute atomic E-state index is 0.201. The van der Waals surface area contributed by atoms with Crippen LogP contribution in [0.2, 0.25) is 0 Å². The van der Waals surface area contributed by atoms with Gasteiger partial charge in [0.1, 0.15) is 0 Å². The molecule has 1 aromatic rings. The van der Waals surface area contributed by atoms with Crippen molar-refractivity contribution in [2.24, 2.45) is 11.8 Å². The highest BCUT2D eigenvalue weighted by Crippen LogP contribution is 2.41. The summed E-state index contributed by atoms with van der Waals surface area (Å²) in [5.41, 5.74) is -4.15. The molecule has 1 aliphatic heterocycles. The Kier molecular flexibility index (Phi) is 4.41. The number of benzene rings is 1. The van der Waals surface area contributed by atoms with Gasteiger partial charge < -0.3 is 0 Å². The van der Waals surface area contributed by atoms with Gasteiger partial charge in [-0.15, -0.1) is 0 Å². The molecule has 1 aromatic carbocycles.